The third-order valence-electron chi connectivity index (χ3n) is 3.45. The Morgan fingerprint density at radius 2 is 1.93 bits per heavy atom. The van der Waals surface area contributed by atoms with Gasteiger partial charge in [-0.05, 0) is 12.8 Å². The molecule has 3 atom stereocenters. The third-order valence-corrected chi connectivity index (χ3v) is 3.45. The zero-order valence-corrected chi connectivity index (χ0v) is 8.59. The quantitative estimate of drug-likeness (QED) is 0.742. The van der Waals surface area contributed by atoms with Crippen LogP contribution in [0.15, 0.2) is 0 Å². The second-order valence-corrected chi connectivity index (χ2v) is 4.63. The maximum Gasteiger partial charge on any atom is 0.251 e. The molecule has 1 aliphatic carbocycles. The van der Waals surface area contributed by atoms with Gasteiger partial charge in [-0.15, -0.1) is 0 Å². The Kier molecular flexibility index (Phi) is 2.52. The lowest BCUT2D eigenvalue weighted by atomic mass is 9.86. The van der Waals surface area contributed by atoms with E-state index < -0.39 is 5.92 Å². The molecule has 1 N–H and O–H groups in total. The van der Waals surface area contributed by atoms with Gasteiger partial charge in [0, 0.05) is 24.9 Å². The fraction of sp³-hybridized carbons (Fsp3) is 1.00. The van der Waals surface area contributed by atoms with Crippen LogP contribution in [-0.2, 0) is 4.74 Å². The number of nitrogens with one attached hydrogen (secondary N) is 1. The number of ether oxygens (including phenoxy) is 1. The average molecular weight is 205 g/mol. The van der Waals surface area contributed by atoms with Gasteiger partial charge in [-0.25, -0.2) is 8.78 Å². The SMILES string of the molecule is CC1OCC(NC2CC(F)(F)C2)C1C. The molecule has 0 aromatic heterocycles. The highest BCUT2D eigenvalue weighted by Crippen LogP contribution is 2.38. The Hall–Kier alpha value is -0.220. The van der Waals surface area contributed by atoms with Crippen LogP contribution >= 0.6 is 0 Å². The number of hydrogen-bond acceptors (Lipinski definition) is 2. The zero-order valence-electron chi connectivity index (χ0n) is 8.59. The minimum Gasteiger partial charge on any atom is -0.377 e. The standard InChI is InChI=1S/C10H17F2NO/c1-6-7(2)14-5-9(6)13-8-3-10(11,12)4-8/h6-9,13H,3-5H2,1-2H3. The molecule has 4 heteroatoms. The van der Waals surface area contributed by atoms with Crippen molar-refractivity contribution in [3.05, 3.63) is 0 Å². The van der Waals surface area contributed by atoms with Crippen LogP contribution in [0, 0.1) is 5.92 Å². The van der Waals surface area contributed by atoms with Gasteiger partial charge in [0.15, 0.2) is 0 Å². The lowest BCUT2D eigenvalue weighted by Crippen LogP contribution is -2.53. The van der Waals surface area contributed by atoms with Gasteiger partial charge in [0.1, 0.15) is 0 Å². The van der Waals surface area contributed by atoms with Gasteiger partial charge in [0.2, 0.25) is 0 Å². The van der Waals surface area contributed by atoms with Gasteiger partial charge < -0.3 is 10.1 Å². The fourth-order valence-electron chi connectivity index (χ4n) is 2.17. The molecule has 2 aliphatic rings. The third kappa shape index (κ3) is 1.91. The van der Waals surface area contributed by atoms with Crippen LogP contribution in [0.5, 0.6) is 0 Å². The van der Waals surface area contributed by atoms with Gasteiger partial charge in [-0.1, -0.05) is 6.92 Å². The summed E-state index contributed by atoms with van der Waals surface area (Å²) in [5.74, 6) is -2.00. The first-order valence-electron chi connectivity index (χ1n) is 5.23. The predicted molar refractivity (Wildman–Crippen MR) is 49.5 cm³/mol. The molecule has 2 fully saturated rings. The van der Waals surface area contributed by atoms with Crippen LogP contribution < -0.4 is 5.32 Å². The summed E-state index contributed by atoms with van der Waals surface area (Å²) in [6.45, 7) is 4.79. The van der Waals surface area contributed by atoms with Crippen LogP contribution in [-0.4, -0.2) is 30.7 Å². The first-order chi connectivity index (χ1) is 6.48. The zero-order chi connectivity index (χ0) is 10.3. The average Bonchev–Trinajstić information content (AvgIpc) is 2.33. The van der Waals surface area contributed by atoms with E-state index in [-0.39, 0.29) is 31.0 Å². The van der Waals surface area contributed by atoms with Crippen molar-refractivity contribution >= 4 is 0 Å². The molecule has 14 heavy (non-hydrogen) atoms. The van der Waals surface area contributed by atoms with Crippen LogP contribution in [0.3, 0.4) is 0 Å². The van der Waals surface area contributed by atoms with Crippen molar-refractivity contribution in [3.63, 3.8) is 0 Å². The maximum atomic E-state index is 12.6. The molecule has 0 bridgehead atoms. The Bertz CT molecular complexity index is 214. The number of hydrogen-bond donors (Lipinski definition) is 1. The minimum atomic E-state index is -2.42. The highest BCUT2D eigenvalue weighted by Gasteiger charge is 2.46. The Balaban J connectivity index is 1.77. The summed E-state index contributed by atoms with van der Waals surface area (Å²) in [6, 6.07) is 0.248. The highest BCUT2D eigenvalue weighted by molar-refractivity contribution is 4.95. The van der Waals surface area contributed by atoms with Crippen molar-refractivity contribution < 1.29 is 13.5 Å². The smallest absolute Gasteiger partial charge is 0.251 e. The van der Waals surface area contributed by atoms with Crippen molar-refractivity contribution in [3.8, 4) is 0 Å². The second kappa shape index (κ2) is 3.42. The molecule has 0 amide bonds. The molecule has 1 saturated heterocycles. The maximum absolute atomic E-state index is 12.6. The molecule has 2 rings (SSSR count). The van der Waals surface area contributed by atoms with Crippen molar-refractivity contribution in [2.45, 2.75) is 50.8 Å². The van der Waals surface area contributed by atoms with Gasteiger partial charge >= 0.3 is 0 Å². The van der Waals surface area contributed by atoms with E-state index in [1.54, 1.807) is 0 Å². The fourth-order valence-corrected chi connectivity index (χ4v) is 2.17. The molecule has 0 spiro atoms. The minimum absolute atomic E-state index is 0.00801. The second-order valence-electron chi connectivity index (χ2n) is 4.63. The van der Waals surface area contributed by atoms with E-state index in [1.165, 1.54) is 0 Å². The van der Waals surface area contributed by atoms with E-state index >= 15 is 0 Å². The molecule has 0 aromatic rings. The lowest BCUT2D eigenvalue weighted by Gasteiger charge is -2.37. The summed E-state index contributed by atoms with van der Waals surface area (Å²) >= 11 is 0. The molecule has 3 unspecified atom stereocenters. The topological polar surface area (TPSA) is 21.3 Å². The Labute approximate surface area is 83.0 Å². The molecular formula is C10H17F2NO. The Morgan fingerprint density at radius 1 is 1.29 bits per heavy atom. The van der Waals surface area contributed by atoms with E-state index in [0.29, 0.717) is 12.5 Å². The first kappa shape index (κ1) is 10.3. The van der Waals surface area contributed by atoms with Crippen LogP contribution in [0.25, 0.3) is 0 Å². The van der Waals surface area contributed by atoms with Gasteiger partial charge in [0.05, 0.1) is 12.7 Å². The van der Waals surface area contributed by atoms with Gasteiger partial charge in [-0.2, -0.15) is 0 Å². The van der Waals surface area contributed by atoms with Crippen LogP contribution in [0.2, 0.25) is 0 Å². The summed E-state index contributed by atoms with van der Waals surface area (Å²) in [5, 5.41) is 3.25. The van der Waals surface area contributed by atoms with E-state index in [0.717, 1.165) is 0 Å². The largest absolute Gasteiger partial charge is 0.377 e. The highest BCUT2D eigenvalue weighted by atomic mass is 19.3. The van der Waals surface area contributed by atoms with Crippen molar-refractivity contribution in [2.24, 2.45) is 5.92 Å². The van der Waals surface area contributed by atoms with E-state index in [9.17, 15) is 8.78 Å². The summed E-state index contributed by atoms with van der Waals surface area (Å²) in [7, 11) is 0. The molecule has 1 heterocycles. The molecule has 0 aromatic carbocycles. The molecule has 1 aliphatic heterocycles. The lowest BCUT2D eigenvalue weighted by molar-refractivity contribution is -0.0953. The molecule has 82 valence electrons. The number of alkyl halides is 2. The Morgan fingerprint density at radius 3 is 2.36 bits per heavy atom. The van der Waals surface area contributed by atoms with Crippen molar-refractivity contribution in [2.75, 3.05) is 6.61 Å². The van der Waals surface area contributed by atoms with Gasteiger partial charge in [0.25, 0.3) is 5.92 Å². The molecule has 0 radical (unpaired) electrons. The molecule has 1 saturated carbocycles. The van der Waals surface area contributed by atoms with Crippen LogP contribution in [0.1, 0.15) is 26.7 Å². The van der Waals surface area contributed by atoms with E-state index in [1.807, 2.05) is 6.92 Å². The summed E-state index contributed by atoms with van der Waals surface area (Å²) in [6.07, 6.45) is 0.225. The van der Waals surface area contributed by atoms with Crippen molar-refractivity contribution in [1.29, 1.82) is 0 Å². The number of halogens is 2. The summed E-state index contributed by atoms with van der Waals surface area (Å²) < 4.78 is 30.6. The summed E-state index contributed by atoms with van der Waals surface area (Å²) in [4.78, 5) is 0. The summed E-state index contributed by atoms with van der Waals surface area (Å²) in [5.41, 5.74) is 0. The first-order valence-corrected chi connectivity index (χ1v) is 5.23. The van der Waals surface area contributed by atoms with Gasteiger partial charge in [-0.3, -0.25) is 0 Å². The number of rotatable bonds is 2. The predicted octanol–water partition coefficient (Wildman–Crippen LogP) is 1.80. The van der Waals surface area contributed by atoms with Crippen molar-refractivity contribution in [1.82, 2.24) is 5.32 Å². The van der Waals surface area contributed by atoms with E-state index in [2.05, 4.69) is 12.2 Å². The van der Waals surface area contributed by atoms with Crippen LogP contribution in [0.4, 0.5) is 8.78 Å². The molecule has 2 nitrogen and oxygen atoms in total. The normalized spacial score (nSPS) is 42.4. The molecular weight excluding hydrogens is 188 g/mol. The monoisotopic (exact) mass is 205 g/mol. The van der Waals surface area contributed by atoms with E-state index in [4.69, 9.17) is 4.74 Å².